The van der Waals surface area contributed by atoms with Crippen LogP contribution in [-0.2, 0) is 0 Å². The van der Waals surface area contributed by atoms with Crippen LogP contribution in [0.4, 0.5) is 0 Å². The predicted octanol–water partition coefficient (Wildman–Crippen LogP) is 14.1. The number of aromatic nitrogens is 5. The van der Waals surface area contributed by atoms with Gasteiger partial charge in [0, 0.05) is 33.3 Å². The molecule has 0 atom stereocenters. The van der Waals surface area contributed by atoms with Crippen molar-refractivity contribution in [1.29, 1.82) is 0 Å². The SMILES string of the molecule is c1ccc(-c2ccc(-c3cc(-c4ccc(-c5ccccc5)cc4)nc(-n4c5ccccc5c5c4c4c(c6ccccc6n4-c4ccccc4)n5-c4ccccc4)n3)cc2)cc1. The Kier molecular flexibility index (Phi) is 8.10. The van der Waals surface area contributed by atoms with Gasteiger partial charge in [-0.05, 0) is 64.7 Å². The zero-order valence-corrected chi connectivity index (χ0v) is 33.1. The maximum absolute atomic E-state index is 5.52. The van der Waals surface area contributed by atoms with Crippen LogP contribution in [-0.4, -0.2) is 23.7 Å². The summed E-state index contributed by atoms with van der Waals surface area (Å²) >= 11 is 0. The van der Waals surface area contributed by atoms with Gasteiger partial charge in [0.15, 0.2) is 0 Å². The third-order valence-corrected chi connectivity index (χ3v) is 11.9. The molecule has 12 rings (SSSR count). The average molecular weight is 780 g/mol. The molecule has 0 aliphatic rings. The molecule has 4 aromatic heterocycles. The van der Waals surface area contributed by atoms with E-state index < -0.39 is 0 Å². The van der Waals surface area contributed by atoms with Gasteiger partial charge in [0.1, 0.15) is 5.52 Å². The average Bonchev–Trinajstić information content (AvgIpc) is 3.98. The monoisotopic (exact) mass is 779 g/mol. The quantitative estimate of drug-likeness (QED) is 0.162. The topological polar surface area (TPSA) is 40.6 Å². The van der Waals surface area contributed by atoms with Crippen molar-refractivity contribution in [1.82, 2.24) is 23.7 Å². The van der Waals surface area contributed by atoms with Crippen LogP contribution in [0.25, 0.3) is 106 Å². The largest absolute Gasteiger partial charge is 0.306 e. The number of hydrogen-bond donors (Lipinski definition) is 0. The van der Waals surface area contributed by atoms with Gasteiger partial charge in [-0.3, -0.25) is 4.57 Å². The Morgan fingerprint density at radius 2 is 0.607 bits per heavy atom. The van der Waals surface area contributed by atoms with Crippen molar-refractivity contribution < 1.29 is 0 Å². The molecule has 0 fully saturated rings. The van der Waals surface area contributed by atoms with E-state index >= 15 is 0 Å². The zero-order chi connectivity index (χ0) is 40.3. The lowest BCUT2D eigenvalue weighted by Gasteiger charge is -2.13. The summed E-state index contributed by atoms with van der Waals surface area (Å²) in [6.45, 7) is 0. The summed E-state index contributed by atoms with van der Waals surface area (Å²) < 4.78 is 7.16. The first-order valence-corrected chi connectivity index (χ1v) is 20.7. The Morgan fingerprint density at radius 3 is 1.08 bits per heavy atom. The van der Waals surface area contributed by atoms with Gasteiger partial charge in [-0.1, -0.05) is 182 Å². The fourth-order valence-corrected chi connectivity index (χ4v) is 9.09. The fraction of sp³-hybridized carbons (Fsp3) is 0. The van der Waals surface area contributed by atoms with Gasteiger partial charge in [-0.2, -0.15) is 0 Å². The minimum absolute atomic E-state index is 0.606. The third kappa shape index (κ3) is 5.70. The number of benzene rings is 8. The summed E-state index contributed by atoms with van der Waals surface area (Å²) in [5.41, 5.74) is 17.1. The summed E-state index contributed by atoms with van der Waals surface area (Å²) in [4.78, 5) is 11.0. The van der Waals surface area contributed by atoms with Crippen molar-refractivity contribution in [3.8, 4) is 62.1 Å². The Labute approximate surface area is 352 Å². The van der Waals surface area contributed by atoms with Crippen LogP contribution in [0.2, 0.25) is 0 Å². The van der Waals surface area contributed by atoms with Crippen LogP contribution in [0.3, 0.4) is 0 Å². The molecule has 286 valence electrons. The molecule has 0 aliphatic carbocycles. The molecule has 0 saturated heterocycles. The standard InChI is InChI=1S/C56H37N5/c1-5-17-38(18-6-1)40-29-33-42(34-30-40)48-37-49(43-35-31-41(32-36-43)39-19-7-2-8-20-39)58-56(57-48)61-51-28-16-14-26-47(51)53-55(61)54-52(60(53)45-23-11-4-12-24-45)46-25-13-15-27-50(46)59(54)44-21-9-3-10-22-44/h1-37H. The Balaban J connectivity index is 1.18. The molecule has 0 spiro atoms. The molecular formula is C56H37N5. The van der Waals surface area contributed by atoms with Crippen LogP contribution in [0, 0.1) is 0 Å². The zero-order valence-electron chi connectivity index (χ0n) is 33.1. The molecule has 0 N–H and O–H groups in total. The Bertz CT molecular complexity index is 3430. The summed E-state index contributed by atoms with van der Waals surface area (Å²) in [6.07, 6.45) is 0. The lowest BCUT2D eigenvalue weighted by atomic mass is 10.0. The molecular weight excluding hydrogens is 743 g/mol. The smallest absolute Gasteiger partial charge is 0.235 e. The molecule has 0 radical (unpaired) electrons. The van der Waals surface area contributed by atoms with E-state index in [2.05, 4.69) is 238 Å². The van der Waals surface area contributed by atoms with E-state index in [0.717, 1.165) is 83.5 Å². The normalized spacial score (nSPS) is 11.6. The van der Waals surface area contributed by atoms with Gasteiger partial charge in [-0.15, -0.1) is 0 Å². The summed E-state index contributed by atoms with van der Waals surface area (Å²) in [5.74, 6) is 0.606. The first-order valence-electron chi connectivity index (χ1n) is 20.7. The van der Waals surface area contributed by atoms with Crippen molar-refractivity contribution in [2.24, 2.45) is 0 Å². The molecule has 5 heteroatoms. The van der Waals surface area contributed by atoms with E-state index in [-0.39, 0.29) is 0 Å². The van der Waals surface area contributed by atoms with Gasteiger partial charge in [0.2, 0.25) is 5.95 Å². The van der Waals surface area contributed by atoms with Crippen molar-refractivity contribution in [2.75, 3.05) is 0 Å². The summed E-state index contributed by atoms with van der Waals surface area (Å²) in [5, 5.41) is 2.29. The third-order valence-electron chi connectivity index (χ3n) is 11.9. The molecule has 5 nitrogen and oxygen atoms in total. The molecule has 0 saturated carbocycles. The molecule has 4 heterocycles. The minimum atomic E-state index is 0.606. The number of para-hydroxylation sites is 4. The second-order valence-corrected chi connectivity index (χ2v) is 15.4. The van der Waals surface area contributed by atoms with Crippen LogP contribution in [0.15, 0.2) is 224 Å². The van der Waals surface area contributed by atoms with E-state index in [1.165, 1.54) is 16.5 Å². The number of nitrogens with zero attached hydrogens (tertiary/aromatic N) is 5. The maximum atomic E-state index is 5.52. The van der Waals surface area contributed by atoms with Crippen molar-refractivity contribution >= 4 is 43.9 Å². The molecule has 0 unspecified atom stereocenters. The predicted molar refractivity (Wildman–Crippen MR) is 252 cm³/mol. The van der Waals surface area contributed by atoms with E-state index in [4.69, 9.17) is 9.97 Å². The molecule has 0 aliphatic heterocycles. The number of rotatable bonds is 7. The minimum Gasteiger partial charge on any atom is -0.306 e. The highest BCUT2D eigenvalue weighted by Crippen LogP contribution is 2.45. The van der Waals surface area contributed by atoms with Crippen molar-refractivity contribution in [3.63, 3.8) is 0 Å². The maximum Gasteiger partial charge on any atom is 0.235 e. The lowest BCUT2D eigenvalue weighted by molar-refractivity contribution is 0.995. The first kappa shape index (κ1) is 34.7. The van der Waals surface area contributed by atoms with Crippen LogP contribution < -0.4 is 0 Å². The number of fused-ring (bicyclic) bond motifs is 7. The van der Waals surface area contributed by atoms with Crippen LogP contribution in [0.1, 0.15) is 0 Å². The van der Waals surface area contributed by atoms with E-state index in [1.54, 1.807) is 0 Å². The highest BCUT2D eigenvalue weighted by Gasteiger charge is 2.29. The fourth-order valence-electron chi connectivity index (χ4n) is 9.09. The van der Waals surface area contributed by atoms with Gasteiger partial charge < -0.3 is 9.13 Å². The van der Waals surface area contributed by atoms with Gasteiger partial charge in [0.05, 0.1) is 39.0 Å². The van der Waals surface area contributed by atoms with Crippen molar-refractivity contribution in [3.05, 3.63) is 224 Å². The van der Waals surface area contributed by atoms with E-state index in [9.17, 15) is 0 Å². The van der Waals surface area contributed by atoms with Gasteiger partial charge in [0.25, 0.3) is 0 Å². The second-order valence-electron chi connectivity index (χ2n) is 15.4. The van der Waals surface area contributed by atoms with Crippen molar-refractivity contribution in [2.45, 2.75) is 0 Å². The number of hydrogen-bond acceptors (Lipinski definition) is 2. The van der Waals surface area contributed by atoms with Gasteiger partial charge >= 0.3 is 0 Å². The molecule has 0 amide bonds. The van der Waals surface area contributed by atoms with Crippen LogP contribution in [0.5, 0.6) is 0 Å². The van der Waals surface area contributed by atoms with E-state index in [0.29, 0.717) is 5.95 Å². The van der Waals surface area contributed by atoms with Crippen LogP contribution >= 0.6 is 0 Å². The second kappa shape index (κ2) is 14.2. The molecule has 0 bridgehead atoms. The lowest BCUT2D eigenvalue weighted by Crippen LogP contribution is -2.04. The molecule has 8 aromatic carbocycles. The van der Waals surface area contributed by atoms with Gasteiger partial charge in [-0.25, -0.2) is 9.97 Å². The highest BCUT2D eigenvalue weighted by molar-refractivity contribution is 6.25. The van der Waals surface area contributed by atoms with E-state index in [1.807, 2.05) is 0 Å². The molecule has 12 aromatic rings. The highest BCUT2D eigenvalue weighted by atomic mass is 15.2. The first-order chi connectivity index (χ1) is 30.3. The Hall–Kier alpha value is -8.28. The summed E-state index contributed by atoms with van der Waals surface area (Å²) in [6, 6.07) is 79.4. The molecule has 61 heavy (non-hydrogen) atoms. The Morgan fingerprint density at radius 1 is 0.262 bits per heavy atom. The summed E-state index contributed by atoms with van der Waals surface area (Å²) in [7, 11) is 0.